The van der Waals surface area contributed by atoms with Gasteiger partial charge >= 0.3 is 0 Å². The number of hydrogen-bond donors (Lipinski definition) is 1. The van der Waals surface area contributed by atoms with Crippen LogP contribution in [0.5, 0.6) is 0 Å². The molecular weight excluding hydrogens is 148 g/mol. The molecule has 1 nitrogen and oxygen atoms in total. The van der Waals surface area contributed by atoms with Crippen LogP contribution in [-0.2, 0) is 0 Å². The SMILES string of the molecule is CCCCC(CO)CC(C)CC. The fraction of sp³-hybridized carbons (Fsp3) is 1.00. The van der Waals surface area contributed by atoms with E-state index in [4.69, 9.17) is 5.11 Å². The second-order valence-electron chi connectivity index (χ2n) is 3.94. The van der Waals surface area contributed by atoms with Crippen LogP contribution in [0.1, 0.15) is 52.9 Å². The largest absolute Gasteiger partial charge is 0.396 e. The van der Waals surface area contributed by atoms with Crippen molar-refractivity contribution in [3.8, 4) is 0 Å². The lowest BCUT2D eigenvalue weighted by Crippen LogP contribution is -2.10. The van der Waals surface area contributed by atoms with Crippen LogP contribution >= 0.6 is 0 Å². The Balaban J connectivity index is 3.51. The van der Waals surface area contributed by atoms with Gasteiger partial charge in [0.15, 0.2) is 0 Å². The molecule has 1 heteroatoms. The Hall–Kier alpha value is -0.0400. The van der Waals surface area contributed by atoms with Gasteiger partial charge in [-0.3, -0.25) is 0 Å². The zero-order chi connectivity index (χ0) is 9.40. The minimum absolute atomic E-state index is 0.379. The summed E-state index contributed by atoms with van der Waals surface area (Å²) in [6.07, 6.45) is 6.16. The van der Waals surface area contributed by atoms with Crippen LogP contribution in [0.4, 0.5) is 0 Å². The first-order valence-electron chi connectivity index (χ1n) is 5.35. The zero-order valence-electron chi connectivity index (χ0n) is 8.84. The molecule has 0 rings (SSSR count). The van der Waals surface area contributed by atoms with Crippen molar-refractivity contribution in [2.24, 2.45) is 11.8 Å². The van der Waals surface area contributed by atoms with Gasteiger partial charge in [0.05, 0.1) is 0 Å². The predicted molar refractivity (Wildman–Crippen MR) is 54.2 cm³/mol. The second-order valence-corrected chi connectivity index (χ2v) is 3.94. The van der Waals surface area contributed by atoms with Crippen molar-refractivity contribution in [3.05, 3.63) is 0 Å². The highest BCUT2D eigenvalue weighted by atomic mass is 16.3. The summed E-state index contributed by atoms with van der Waals surface area (Å²) in [5, 5.41) is 9.10. The molecule has 0 bridgehead atoms. The van der Waals surface area contributed by atoms with Crippen LogP contribution in [-0.4, -0.2) is 11.7 Å². The molecule has 0 spiro atoms. The Bertz CT molecular complexity index is 91.0. The smallest absolute Gasteiger partial charge is 0.0459 e. The van der Waals surface area contributed by atoms with Crippen LogP contribution in [0, 0.1) is 11.8 Å². The van der Waals surface area contributed by atoms with E-state index < -0.39 is 0 Å². The first-order valence-corrected chi connectivity index (χ1v) is 5.35. The summed E-state index contributed by atoms with van der Waals surface area (Å²) in [7, 11) is 0. The van der Waals surface area contributed by atoms with Gasteiger partial charge in [-0.1, -0.05) is 40.0 Å². The van der Waals surface area contributed by atoms with Gasteiger partial charge in [0.2, 0.25) is 0 Å². The molecule has 0 amide bonds. The minimum Gasteiger partial charge on any atom is -0.396 e. The van der Waals surface area contributed by atoms with E-state index in [9.17, 15) is 0 Å². The van der Waals surface area contributed by atoms with Crippen LogP contribution < -0.4 is 0 Å². The number of aliphatic hydroxyl groups excluding tert-OH is 1. The molecule has 1 N–H and O–H groups in total. The Kier molecular flexibility index (Phi) is 7.58. The van der Waals surface area contributed by atoms with Gasteiger partial charge in [0.1, 0.15) is 0 Å². The van der Waals surface area contributed by atoms with E-state index in [1.165, 1.54) is 32.1 Å². The Morgan fingerprint density at radius 1 is 1.25 bits per heavy atom. The molecule has 0 aromatic carbocycles. The van der Waals surface area contributed by atoms with Gasteiger partial charge in [0, 0.05) is 6.61 Å². The third-order valence-electron chi connectivity index (χ3n) is 2.66. The fourth-order valence-electron chi connectivity index (χ4n) is 1.51. The normalized spacial score (nSPS) is 16.0. The summed E-state index contributed by atoms with van der Waals surface area (Å²) in [5.41, 5.74) is 0. The molecule has 0 aliphatic heterocycles. The quantitative estimate of drug-likeness (QED) is 0.625. The van der Waals surface area contributed by atoms with Crippen LogP contribution in [0.25, 0.3) is 0 Å². The van der Waals surface area contributed by atoms with Crippen molar-refractivity contribution in [1.29, 1.82) is 0 Å². The van der Waals surface area contributed by atoms with Crippen molar-refractivity contribution in [1.82, 2.24) is 0 Å². The van der Waals surface area contributed by atoms with Gasteiger partial charge in [0.25, 0.3) is 0 Å². The maximum Gasteiger partial charge on any atom is 0.0459 e. The van der Waals surface area contributed by atoms with E-state index in [0.717, 1.165) is 5.92 Å². The molecule has 2 unspecified atom stereocenters. The molecule has 0 saturated carbocycles. The van der Waals surface area contributed by atoms with Crippen molar-refractivity contribution in [3.63, 3.8) is 0 Å². The molecular formula is C11H24O. The Morgan fingerprint density at radius 3 is 2.33 bits per heavy atom. The average molecular weight is 172 g/mol. The topological polar surface area (TPSA) is 20.2 Å². The minimum atomic E-state index is 0.379. The maximum atomic E-state index is 9.10. The lowest BCUT2D eigenvalue weighted by Gasteiger charge is -2.17. The van der Waals surface area contributed by atoms with E-state index in [0.29, 0.717) is 12.5 Å². The number of rotatable bonds is 7. The standard InChI is InChI=1S/C11H24O/c1-4-6-7-11(9-12)8-10(3)5-2/h10-12H,4-9H2,1-3H3. The van der Waals surface area contributed by atoms with E-state index >= 15 is 0 Å². The molecule has 0 saturated heterocycles. The van der Waals surface area contributed by atoms with Crippen molar-refractivity contribution in [2.45, 2.75) is 52.9 Å². The van der Waals surface area contributed by atoms with Gasteiger partial charge in [-0.2, -0.15) is 0 Å². The average Bonchev–Trinajstić information content (AvgIpc) is 2.11. The molecule has 12 heavy (non-hydrogen) atoms. The van der Waals surface area contributed by atoms with E-state index in [2.05, 4.69) is 20.8 Å². The third-order valence-corrected chi connectivity index (χ3v) is 2.66. The molecule has 0 aromatic heterocycles. The summed E-state index contributed by atoms with van der Waals surface area (Å²) < 4.78 is 0. The second kappa shape index (κ2) is 7.60. The third kappa shape index (κ3) is 5.59. The predicted octanol–water partition coefficient (Wildman–Crippen LogP) is 3.22. The molecule has 0 aromatic rings. The number of aliphatic hydroxyl groups is 1. The van der Waals surface area contributed by atoms with Gasteiger partial charge in [-0.05, 0) is 24.7 Å². The molecule has 0 fully saturated rings. The monoisotopic (exact) mass is 172 g/mol. The summed E-state index contributed by atoms with van der Waals surface area (Å²) in [6.45, 7) is 7.08. The highest BCUT2D eigenvalue weighted by Crippen LogP contribution is 2.19. The zero-order valence-corrected chi connectivity index (χ0v) is 8.84. The molecule has 0 aliphatic rings. The van der Waals surface area contributed by atoms with E-state index in [1.807, 2.05) is 0 Å². The van der Waals surface area contributed by atoms with Gasteiger partial charge in [-0.25, -0.2) is 0 Å². The lowest BCUT2D eigenvalue weighted by molar-refractivity contribution is 0.191. The molecule has 0 radical (unpaired) electrons. The fourth-order valence-corrected chi connectivity index (χ4v) is 1.51. The van der Waals surface area contributed by atoms with Gasteiger partial charge in [-0.15, -0.1) is 0 Å². The molecule has 0 aliphatic carbocycles. The van der Waals surface area contributed by atoms with Crippen LogP contribution in [0.2, 0.25) is 0 Å². The highest BCUT2D eigenvalue weighted by molar-refractivity contribution is 4.61. The summed E-state index contributed by atoms with van der Waals surface area (Å²) in [6, 6.07) is 0. The summed E-state index contributed by atoms with van der Waals surface area (Å²) in [4.78, 5) is 0. The summed E-state index contributed by atoms with van der Waals surface area (Å²) in [5.74, 6) is 1.33. The Labute approximate surface area is 77.2 Å². The summed E-state index contributed by atoms with van der Waals surface area (Å²) >= 11 is 0. The maximum absolute atomic E-state index is 9.10. The van der Waals surface area contributed by atoms with E-state index in [1.54, 1.807) is 0 Å². The number of unbranched alkanes of at least 4 members (excludes halogenated alkanes) is 1. The van der Waals surface area contributed by atoms with Crippen molar-refractivity contribution >= 4 is 0 Å². The van der Waals surface area contributed by atoms with Crippen LogP contribution in [0.3, 0.4) is 0 Å². The lowest BCUT2D eigenvalue weighted by atomic mass is 9.91. The van der Waals surface area contributed by atoms with Gasteiger partial charge < -0.3 is 5.11 Å². The van der Waals surface area contributed by atoms with Crippen LogP contribution in [0.15, 0.2) is 0 Å². The van der Waals surface area contributed by atoms with E-state index in [-0.39, 0.29) is 0 Å². The first-order chi connectivity index (χ1) is 5.74. The Morgan fingerprint density at radius 2 is 1.92 bits per heavy atom. The highest BCUT2D eigenvalue weighted by Gasteiger charge is 2.10. The first kappa shape index (κ1) is 12.0. The van der Waals surface area contributed by atoms with Crippen molar-refractivity contribution < 1.29 is 5.11 Å². The number of hydrogen-bond acceptors (Lipinski definition) is 1. The molecule has 0 heterocycles. The van der Waals surface area contributed by atoms with Crippen molar-refractivity contribution in [2.75, 3.05) is 6.61 Å². The molecule has 2 atom stereocenters. The molecule has 74 valence electrons.